The minimum atomic E-state index is -3.09. The fraction of sp³-hybridized carbons (Fsp3) is 0.625. The molecule has 0 bridgehead atoms. The van der Waals surface area contributed by atoms with Crippen LogP contribution in [0.4, 0.5) is 0 Å². The topological polar surface area (TPSA) is 49.4 Å². The molecular weight excluding hydrogens is 284 g/mol. The quantitative estimate of drug-likeness (QED) is 0.783. The van der Waals surface area contributed by atoms with Crippen LogP contribution >= 0.6 is 0 Å². The highest BCUT2D eigenvalue weighted by atomic mass is 32.2. The molecule has 1 atom stereocenters. The Balaban J connectivity index is 1.49. The maximum absolute atomic E-state index is 12.4. The van der Waals surface area contributed by atoms with E-state index in [1.54, 1.807) is 4.31 Å². The van der Waals surface area contributed by atoms with Crippen molar-refractivity contribution in [3.8, 4) is 0 Å². The molecule has 5 heteroatoms. The van der Waals surface area contributed by atoms with Crippen molar-refractivity contribution in [3.05, 3.63) is 35.9 Å². The Hall–Kier alpha value is -0.910. The van der Waals surface area contributed by atoms with Gasteiger partial charge in [0, 0.05) is 19.1 Å². The highest BCUT2D eigenvalue weighted by Crippen LogP contribution is 2.28. The molecule has 1 saturated carbocycles. The maximum atomic E-state index is 12.4. The van der Waals surface area contributed by atoms with Gasteiger partial charge in [0.15, 0.2) is 0 Å². The minimum absolute atomic E-state index is 0.272. The molecule has 1 aliphatic heterocycles. The average molecular weight is 308 g/mol. The highest BCUT2D eigenvalue weighted by Gasteiger charge is 2.31. The normalized spacial score (nSPS) is 23.5. The molecule has 2 aliphatic rings. The third-order valence-corrected chi connectivity index (χ3v) is 6.33. The number of hydrogen-bond donors (Lipinski definition) is 1. The van der Waals surface area contributed by atoms with E-state index < -0.39 is 10.0 Å². The molecule has 4 nitrogen and oxygen atoms in total. The summed E-state index contributed by atoms with van der Waals surface area (Å²) in [6.07, 6.45) is 4.14. The van der Waals surface area contributed by atoms with E-state index in [0.717, 1.165) is 13.0 Å². The molecule has 2 fully saturated rings. The van der Waals surface area contributed by atoms with Crippen molar-refractivity contribution in [2.24, 2.45) is 0 Å². The average Bonchev–Trinajstić information content (AvgIpc) is 3.17. The van der Waals surface area contributed by atoms with Crippen LogP contribution in [0, 0.1) is 0 Å². The summed E-state index contributed by atoms with van der Waals surface area (Å²) >= 11 is 0. The van der Waals surface area contributed by atoms with E-state index in [1.165, 1.54) is 18.4 Å². The first-order valence-electron chi connectivity index (χ1n) is 7.91. The van der Waals surface area contributed by atoms with Crippen molar-refractivity contribution in [3.63, 3.8) is 0 Å². The Morgan fingerprint density at radius 2 is 1.90 bits per heavy atom. The number of rotatable bonds is 7. The second-order valence-electron chi connectivity index (χ2n) is 6.15. The summed E-state index contributed by atoms with van der Waals surface area (Å²) in [6, 6.07) is 10.9. The Kier molecular flexibility index (Phi) is 4.62. The first-order valence-corrected chi connectivity index (χ1v) is 9.52. The summed E-state index contributed by atoms with van der Waals surface area (Å²) in [6.45, 7) is 2.13. The van der Waals surface area contributed by atoms with Crippen LogP contribution in [0.15, 0.2) is 30.3 Å². The molecule has 1 saturated heterocycles. The highest BCUT2D eigenvalue weighted by molar-refractivity contribution is 7.89. The van der Waals surface area contributed by atoms with Gasteiger partial charge < -0.3 is 5.32 Å². The van der Waals surface area contributed by atoms with Crippen LogP contribution in [0.25, 0.3) is 0 Å². The second-order valence-corrected chi connectivity index (χ2v) is 8.24. The lowest BCUT2D eigenvalue weighted by molar-refractivity contribution is 0.470. The molecule has 1 aliphatic carbocycles. The molecule has 1 aromatic rings. The monoisotopic (exact) mass is 308 g/mol. The third kappa shape index (κ3) is 4.05. The summed E-state index contributed by atoms with van der Waals surface area (Å²) in [5, 5.41) is 3.37. The van der Waals surface area contributed by atoms with Gasteiger partial charge in [0.05, 0.1) is 5.75 Å². The van der Waals surface area contributed by atoms with Crippen molar-refractivity contribution >= 4 is 10.0 Å². The molecule has 1 unspecified atom stereocenters. The smallest absolute Gasteiger partial charge is 0.214 e. The molecule has 1 aromatic carbocycles. The van der Waals surface area contributed by atoms with Crippen LogP contribution < -0.4 is 5.32 Å². The minimum Gasteiger partial charge on any atom is -0.314 e. The Morgan fingerprint density at radius 1 is 1.14 bits per heavy atom. The van der Waals surface area contributed by atoms with Crippen molar-refractivity contribution in [2.75, 3.05) is 25.4 Å². The van der Waals surface area contributed by atoms with E-state index in [9.17, 15) is 8.42 Å². The molecule has 3 rings (SSSR count). The summed E-state index contributed by atoms with van der Waals surface area (Å²) in [7, 11) is -3.09. The second kappa shape index (κ2) is 6.46. The van der Waals surface area contributed by atoms with Crippen LogP contribution in [-0.4, -0.2) is 44.2 Å². The van der Waals surface area contributed by atoms with Crippen LogP contribution in [-0.2, 0) is 10.0 Å². The summed E-state index contributed by atoms with van der Waals surface area (Å²) in [5.74, 6) is 0.624. The zero-order valence-corrected chi connectivity index (χ0v) is 13.2. The SMILES string of the molecule is O=S(=O)(CCCNC1CC1)N1CCC(c2ccccc2)C1. The number of hydrogen-bond acceptors (Lipinski definition) is 3. The number of sulfonamides is 1. The van der Waals surface area contributed by atoms with Gasteiger partial charge in [-0.1, -0.05) is 30.3 Å². The van der Waals surface area contributed by atoms with Gasteiger partial charge in [0.1, 0.15) is 0 Å². The van der Waals surface area contributed by atoms with Crippen LogP contribution in [0.1, 0.15) is 37.2 Å². The number of nitrogens with one attached hydrogen (secondary N) is 1. The van der Waals surface area contributed by atoms with Gasteiger partial charge in [0.2, 0.25) is 10.0 Å². The lowest BCUT2D eigenvalue weighted by atomic mass is 9.99. The van der Waals surface area contributed by atoms with Gasteiger partial charge in [0.25, 0.3) is 0 Å². The van der Waals surface area contributed by atoms with E-state index in [1.807, 2.05) is 18.2 Å². The number of nitrogens with zero attached hydrogens (tertiary/aromatic N) is 1. The molecule has 1 heterocycles. The Bertz CT molecular complexity index is 555. The van der Waals surface area contributed by atoms with Crippen LogP contribution in [0.5, 0.6) is 0 Å². The van der Waals surface area contributed by atoms with Gasteiger partial charge in [-0.25, -0.2) is 12.7 Å². The molecule has 116 valence electrons. The van der Waals surface area contributed by atoms with E-state index in [0.29, 0.717) is 31.5 Å². The zero-order valence-electron chi connectivity index (χ0n) is 12.4. The summed E-state index contributed by atoms with van der Waals surface area (Å²) in [4.78, 5) is 0. The molecule has 0 radical (unpaired) electrons. The van der Waals surface area contributed by atoms with E-state index in [4.69, 9.17) is 0 Å². The molecular formula is C16H24N2O2S. The third-order valence-electron chi connectivity index (χ3n) is 4.40. The van der Waals surface area contributed by atoms with Gasteiger partial charge in [-0.3, -0.25) is 0 Å². The molecule has 21 heavy (non-hydrogen) atoms. The first-order chi connectivity index (χ1) is 10.1. The predicted molar refractivity (Wildman–Crippen MR) is 84.8 cm³/mol. The lowest BCUT2D eigenvalue weighted by Crippen LogP contribution is -2.32. The van der Waals surface area contributed by atoms with Crippen molar-refractivity contribution in [2.45, 2.75) is 37.6 Å². The Labute approximate surface area is 127 Å². The van der Waals surface area contributed by atoms with Gasteiger partial charge in [-0.05, 0) is 43.7 Å². The van der Waals surface area contributed by atoms with Crippen molar-refractivity contribution in [1.29, 1.82) is 0 Å². The van der Waals surface area contributed by atoms with Crippen LogP contribution in [0.2, 0.25) is 0 Å². The van der Waals surface area contributed by atoms with Crippen molar-refractivity contribution in [1.82, 2.24) is 9.62 Å². The lowest BCUT2D eigenvalue weighted by Gasteiger charge is -2.17. The Morgan fingerprint density at radius 3 is 2.62 bits per heavy atom. The first kappa shape index (κ1) is 15.0. The largest absolute Gasteiger partial charge is 0.314 e. The molecule has 0 spiro atoms. The molecule has 0 aromatic heterocycles. The van der Waals surface area contributed by atoms with Gasteiger partial charge in [-0.15, -0.1) is 0 Å². The van der Waals surface area contributed by atoms with E-state index in [-0.39, 0.29) is 5.75 Å². The fourth-order valence-corrected chi connectivity index (χ4v) is 4.51. The fourth-order valence-electron chi connectivity index (χ4n) is 2.96. The summed E-state index contributed by atoms with van der Waals surface area (Å²) < 4.78 is 26.4. The molecule has 1 N–H and O–H groups in total. The molecule has 0 amide bonds. The number of benzene rings is 1. The predicted octanol–water partition coefficient (Wildman–Crippen LogP) is 1.95. The van der Waals surface area contributed by atoms with Gasteiger partial charge in [-0.2, -0.15) is 0 Å². The van der Waals surface area contributed by atoms with E-state index >= 15 is 0 Å². The maximum Gasteiger partial charge on any atom is 0.214 e. The van der Waals surface area contributed by atoms with Crippen LogP contribution in [0.3, 0.4) is 0 Å². The summed E-state index contributed by atoms with van der Waals surface area (Å²) in [5.41, 5.74) is 1.26. The zero-order chi connectivity index (χ0) is 14.7. The standard InChI is InChI=1S/C16H24N2O2S/c19-21(20,12-4-10-17-16-7-8-16)18-11-9-15(13-18)14-5-2-1-3-6-14/h1-3,5-6,15-17H,4,7-13H2. The van der Waals surface area contributed by atoms with Crippen molar-refractivity contribution < 1.29 is 8.42 Å². The van der Waals surface area contributed by atoms with Gasteiger partial charge >= 0.3 is 0 Å². The van der Waals surface area contributed by atoms with E-state index in [2.05, 4.69) is 17.4 Å².